The van der Waals surface area contributed by atoms with Gasteiger partial charge >= 0.3 is 0 Å². The van der Waals surface area contributed by atoms with Crippen LogP contribution in [0.1, 0.15) is 55.6 Å². The second-order valence-corrected chi connectivity index (χ2v) is 6.81. The lowest BCUT2D eigenvalue weighted by Crippen LogP contribution is -2.30. The predicted octanol–water partition coefficient (Wildman–Crippen LogP) is 5.32. The van der Waals surface area contributed by atoms with Gasteiger partial charge in [0.05, 0.1) is 0 Å². The zero-order valence-electron chi connectivity index (χ0n) is 12.7. The molecule has 0 aliphatic heterocycles. The molecule has 0 saturated heterocycles. The molecule has 0 amide bonds. The fraction of sp³-hybridized carbons (Fsp3) is 0.526. The van der Waals surface area contributed by atoms with Gasteiger partial charge in [-0.3, -0.25) is 0 Å². The molecule has 0 bridgehead atoms. The fourth-order valence-corrected chi connectivity index (χ4v) is 4.38. The number of rotatable bonds is 2. The quantitative estimate of drug-likeness (QED) is 0.678. The van der Waals surface area contributed by atoms with E-state index in [0.29, 0.717) is 11.8 Å². The topological polar surface area (TPSA) is 23.8 Å². The van der Waals surface area contributed by atoms with Crippen LogP contribution in [0.25, 0.3) is 0 Å². The van der Waals surface area contributed by atoms with Crippen LogP contribution in [-0.4, -0.2) is 0 Å². The lowest BCUT2D eigenvalue weighted by molar-refractivity contribution is 0.133. The maximum Gasteiger partial charge on any atom is 0.144 e. The number of hydrogen-bond acceptors (Lipinski definition) is 1. The minimum absolute atomic E-state index is 0.221. The molecule has 2 aliphatic rings. The summed E-state index contributed by atoms with van der Waals surface area (Å²) in [6.45, 7) is 3.91. The van der Waals surface area contributed by atoms with E-state index in [4.69, 9.17) is 5.26 Å². The van der Waals surface area contributed by atoms with Crippen LogP contribution < -0.4 is 0 Å². The lowest BCUT2D eigenvalue weighted by Gasteiger charge is -2.41. The normalized spacial score (nSPS) is 31.1. The maximum absolute atomic E-state index is 13.8. The van der Waals surface area contributed by atoms with Crippen molar-refractivity contribution in [2.24, 2.45) is 17.8 Å². The predicted molar refractivity (Wildman–Crippen MR) is 82.2 cm³/mol. The van der Waals surface area contributed by atoms with Gasteiger partial charge in [-0.1, -0.05) is 6.08 Å². The molecule has 0 spiro atoms. The van der Waals surface area contributed by atoms with Crippen LogP contribution in [0, 0.1) is 40.7 Å². The number of halogens is 2. The van der Waals surface area contributed by atoms with Gasteiger partial charge in [-0.25, -0.2) is 8.78 Å². The van der Waals surface area contributed by atoms with E-state index in [2.05, 4.69) is 12.7 Å². The van der Waals surface area contributed by atoms with Crippen molar-refractivity contribution in [3.8, 4) is 6.07 Å². The third-order valence-electron chi connectivity index (χ3n) is 5.63. The Balaban J connectivity index is 1.76. The molecule has 116 valence electrons. The Morgan fingerprint density at radius 2 is 1.68 bits per heavy atom. The molecule has 0 unspecified atom stereocenters. The van der Waals surface area contributed by atoms with Crippen LogP contribution in [0.3, 0.4) is 0 Å². The van der Waals surface area contributed by atoms with E-state index in [9.17, 15) is 8.78 Å². The molecule has 22 heavy (non-hydrogen) atoms. The molecule has 3 rings (SSSR count). The monoisotopic (exact) mass is 301 g/mol. The Kier molecular flexibility index (Phi) is 4.29. The molecule has 4 atom stereocenters. The van der Waals surface area contributed by atoms with Crippen molar-refractivity contribution in [1.82, 2.24) is 0 Å². The van der Waals surface area contributed by atoms with E-state index >= 15 is 0 Å². The Morgan fingerprint density at radius 3 is 2.32 bits per heavy atom. The highest BCUT2D eigenvalue weighted by Crippen LogP contribution is 2.47. The van der Waals surface area contributed by atoms with Crippen molar-refractivity contribution in [1.29, 1.82) is 5.26 Å². The first kappa shape index (κ1) is 15.2. The Morgan fingerprint density at radius 1 is 1.05 bits per heavy atom. The largest absolute Gasteiger partial charge is 0.205 e. The van der Waals surface area contributed by atoms with Crippen molar-refractivity contribution in [2.75, 3.05) is 0 Å². The Bertz CT molecular complexity index is 593. The summed E-state index contributed by atoms with van der Waals surface area (Å²) < 4.78 is 27.6. The molecule has 2 aliphatic carbocycles. The smallest absolute Gasteiger partial charge is 0.144 e. The van der Waals surface area contributed by atoms with Crippen LogP contribution in [0.4, 0.5) is 8.78 Å². The highest BCUT2D eigenvalue weighted by atomic mass is 19.1. The van der Waals surface area contributed by atoms with Crippen molar-refractivity contribution >= 4 is 0 Å². The van der Waals surface area contributed by atoms with Crippen LogP contribution in [0.2, 0.25) is 0 Å². The third-order valence-corrected chi connectivity index (χ3v) is 5.63. The van der Waals surface area contributed by atoms with Crippen LogP contribution in [0.15, 0.2) is 24.8 Å². The Hall–Kier alpha value is -1.69. The highest BCUT2D eigenvalue weighted by molar-refractivity contribution is 5.36. The number of hydrogen-bond donors (Lipinski definition) is 0. The van der Waals surface area contributed by atoms with Gasteiger partial charge in [0.1, 0.15) is 23.3 Å². The van der Waals surface area contributed by atoms with Gasteiger partial charge in [0.2, 0.25) is 0 Å². The van der Waals surface area contributed by atoms with E-state index in [1.165, 1.54) is 31.4 Å². The molecular weight excluding hydrogens is 280 g/mol. The first-order chi connectivity index (χ1) is 10.6. The number of nitriles is 1. The Labute approximate surface area is 130 Å². The van der Waals surface area contributed by atoms with E-state index in [1.54, 1.807) is 6.07 Å². The SMILES string of the molecule is C=C[C@@H]1CC[C@@H]2C[C@H](c3cc(F)c(C#N)c(F)c3)CC[C@@H]2C1. The van der Waals surface area contributed by atoms with Gasteiger partial charge < -0.3 is 0 Å². The third kappa shape index (κ3) is 2.79. The summed E-state index contributed by atoms with van der Waals surface area (Å²) in [7, 11) is 0. The van der Waals surface area contributed by atoms with Gasteiger partial charge in [-0.15, -0.1) is 6.58 Å². The molecule has 0 aromatic heterocycles. The molecular formula is C19H21F2N. The summed E-state index contributed by atoms with van der Waals surface area (Å²) >= 11 is 0. The van der Waals surface area contributed by atoms with Gasteiger partial charge in [0, 0.05) is 0 Å². The molecule has 1 aromatic carbocycles. The summed E-state index contributed by atoms with van der Waals surface area (Å²) in [4.78, 5) is 0. The molecule has 1 nitrogen and oxygen atoms in total. The van der Waals surface area contributed by atoms with E-state index < -0.39 is 17.2 Å². The first-order valence-electron chi connectivity index (χ1n) is 8.14. The number of nitrogens with zero attached hydrogens (tertiary/aromatic N) is 1. The second-order valence-electron chi connectivity index (χ2n) is 6.81. The molecule has 2 saturated carbocycles. The van der Waals surface area contributed by atoms with Gasteiger partial charge in [-0.05, 0) is 79.9 Å². The maximum atomic E-state index is 13.8. The molecule has 0 N–H and O–H groups in total. The summed E-state index contributed by atoms with van der Waals surface area (Å²) in [5.74, 6) is 0.809. The average Bonchev–Trinajstić information content (AvgIpc) is 2.53. The van der Waals surface area contributed by atoms with Crippen molar-refractivity contribution in [3.05, 3.63) is 47.5 Å². The summed E-state index contributed by atoms with van der Waals surface area (Å²) in [5.41, 5.74) is 0.252. The van der Waals surface area contributed by atoms with Crippen molar-refractivity contribution in [3.63, 3.8) is 0 Å². The summed E-state index contributed by atoms with van der Waals surface area (Å²) in [6, 6.07) is 4.32. The van der Waals surface area contributed by atoms with Gasteiger partial charge in [-0.2, -0.15) is 5.26 Å². The number of allylic oxidation sites excluding steroid dienone is 1. The minimum Gasteiger partial charge on any atom is -0.205 e. The first-order valence-corrected chi connectivity index (χ1v) is 8.14. The van der Waals surface area contributed by atoms with Crippen LogP contribution >= 0.6 is 0 Å². The average molecular weight is 301 g/mol. The number of benzene rings is 1. The highest BCUT2D eigenvalue weighted by Gasteiger charge is 2.35. The van der Waals surface area contributed by atoms with Crippen LogP contribution in [-0.2, 0) is 0 Å². The zero-order valence-corrected chi connectivity index (χ0v) is 12.7. The van der Waals surface area contributed by atoms with E-state index in [-0.39, 0.29) is 5.92 Å². The number of fused-ring (bicyclic) bond motifs is 1. The van der Waals surface area contributed by atoms with Crippen molar-refractivity contribution in [2.45, 2.75) is 44.4 Å². The fourth-order valence-electron chi connectivity index (χ4n) is 4.38. The molecule has 0 radical (unpaired) electrons. The molecule has 1 aromatic rings. The molecule has 2 fully saturated rings. The standard InChI is InChI=1S/C19H21F2N/c1-2-12-3-4-14-8-15(6-5-13(14)7-12)16-9-18(20)17(11-22)19(21)10-16/h2,9-10,12-15H,1,3-8H2/t12-,13-,14-,15-/m1/s1. The van der Waals surface area contributed by atoms with E-state index in [0.717, 1.165) is 30.7 Å². The van der Waals surface area contributed by atoms with Gasteiger partial charge in [0.15, 0.2) is 0 Å². The molecule has 0 heterocycles. The van der Waals surface area contributed by atoms with Crippen LogP contribution in [0.5, 0.6) is 0 Å². The summed E-state index contributed by atoms with van der Waals surface area (Å²) in [5, 5.41) is 8.76. The van der Waals surface area contributed by atoms with Crippen molar-refractivity contribution < 1.29 is 8.78 Å². The zero-order chi connectivity index (χ0) is 15.7. The second kappa shape index (κ2) is 6.20. The summed E-state index contributed by atoms with van der Waals surface area (Å²) in [6.07, 6.45) is 8.80. The molecule has 3 heteroatoms. The van der Waals surface area contributed by atoms with Gasteiger partial charge in [0.25, 0.3) is 0 Å². The minimum atomic E-state index is -0.727. The lowest BCUT2D eigenvalue weighted by atomic mass is 9.64. The van der Waals surface area contributed by atoms with E-state index in [1.807, 2.05) is 0 Å².